The molecule has 0 spiro atoms. The molecule has 0 saturated carbocycles. The van der Waals surface area contributed by atoms with Crippen molar-refractivity contribution < 1.29 is 14.6 Å². The van der Waals surface area contributed by atoms with Gasteiger partial charge in [0.15, 0.2) is 0 Å². The lowest BCUT2D eigenvalue weighted by Gasteiger charge is -2.08. The third-order valence-corrected chi connectivity index (χ3v) is 4.38. The van der Waals surface area contributed by atoms with Gasteiger partial charge >= 0.3 is 5.97 Å². The molecular formula is C21H23NO3. The minimum Gasteiger partial charge on any atom is -0.494 e. The van der Waals surface area contributed by atoms with E-state index in [0.29, 0.717) is 12.5 Å². The Hall–Kier alpha value is -2.75. The molecule has 3 aromatic rings. The Kier molecular flexibility index (Phi) is 4.79. The minimum atomic E-state index is -0.845. The fraction of sp³-hybridized carbons (Fsp3) is 0.286. The molecule has 2 aromatic carbocycles. The lowest BCUT2D eigenvalue weighted by Crippen LogP contribution is -2.01. The third-order valence-electron chi connectivity index (χ3n) is 4.38. The van der Waals surface area contributed by atoms with Crippen LogP contribution in [0.15, 0.2) is 42.5 Å². The quantitative estimate of drug-likeness (QED) is 0.666. The highest BCUT2D eigenvalue weighted by Crippen LogP contribution is 2.33. The first-order valence-corrected chi connectivity index (χ1v) is 8.59. The molecule has 0 atom stereocenters. The first-order chi connectivity index (χ1) is 12.0. The molecule has 0 aliphatic heterocycles. The molecule has 4 nitrogen and oxygen atoms in total. The largest absolute Gasteiger partial charge is 0.494 e. The van der Waals surface area contributed by atoms with Crippen LogP contribution in [0, 0.1) is 0 Å². The zero-order valence-electron chi connectivity index (χ0n) is 14.8. The van der Waals surface area contributed by atoms with E-state index in [-0.39, 0.29) is 6.42 Å². The minimum absolute atomic E-state index is 0.0309. The van der Waals surface area contributed by atoms with Crippen molar-refractivity contribution in [1.82, 2.24) is 4.98 Å². The molecule has 0 aliphatic rings. The molecule has 0 saturated heterocycles. The van der Waals surface area contributed by atoms with Crippen LogP contribution in [0.2, 0.25) is 0 Å². The number of hydrogen-bond acceptors (Lipinski definition) is 2. The summed E-state index contributed by atoms with van der Waals surface area (Å²) in [5.74, 6) is 0.370. The molecule has 1 heterocycles. The van der Waals surface area contributed by atoms with Gasteiger partial charge in [-0.25, -0.2) is 0 Å². The number of rotatable bonds is 6. The second-order valence-corrected chi connectivity index (χ2v) is 6.47. The van der Waals surface area contributed by atoms with Crippen molar-refractivity contribution in [3.8, 4) is 17.0 Å². The van der Waals surface area contributed by atoms with Crippen LogP contribution in [0.3, 0.4) is 0 Å². The lowest BCUT2D eigenvalue weighted by molar-refractivity contribution is -0.136. The van der Waals surface area contributed by atoms with Gasteiger partial charge in [-0.05, 0) is 47.7 Å². The summed E-state index contributed by atoms with van der Waals surface area (Å²) in [5.41, 5.74) is 4.83. The molecule has 0 radical (unpaired) electrons. The van der Waals surface area contributed by atoms with Gasteiger partial charge in [0.25, 0.3) is 0 Å². The van der Waals surface area contributed by atoms with E-state index >= 15 is 0 Å². The Labute approximate surface area is 147 Å². The number of aromatic nitrogens is 1. The zero-order chi connectivity index (χ0) is 18.0. The van der Waals surface area contributed by atoms with Crippen LogP contribution in [0.25, 0.3) is 22.2 Å². The summed E-state index contributed by atoms with van der Waals surface area (Å²) >= 11 is 0. The van der Waals surface area contributed by atoms with Crippen LogP contribution >= 0.6 is 0 Å². The van der Waals surface area contributed by atoms with Gasteiger partial charge < -0.3 is 14.8 Å². The Morgan fingerprint density at radius 2 is 1.88 bits per heavy atom. The summed E-state index contributed by atoms with van der Waals surface area (Å²) in [6, 6.07) is 14.1. The molecule has 0 amide bonds. The number of carbonyl (C=O) groups is 1. The topological polar surface area (TPSA) is 62.3 Å². The highest BCUT2D eigenvalue weighted by Gasteiger charge is 2.17. The number of fused-ring (bicyclic) bond motifs is 1. The second-order valence-electron chi connectivity index (χ2n) is 6.47. The summed E-state index contributed by atoms with van der Waals surface area (Å²) in [4.78, 5) is 14.8. The van der Waals surface area contributed by atoms with Crippen LogP contribution in [0.4, 0.5) is 0 Å². The summed E-state index contributed by atoms with van der Waals surface area (Å²) < 4.78 is 5.57. The Bertz CT molecular complexity index is 891. The van der Waals surface area contributed by atoms with E-state index in [2.05, 4.69) is 43.1 Å². The van der Waals surface area contributed by atoms with Crippen LogP contribution in [-0.2, 0) is 11.2 Å². The number of H-pyrrole nitrogens is 1. The molecule has 25 heavy (non-hydrogen) atoms. The fourth-order valence-electron chi connectivity index (χ4n) is 3.10. The SMILES string of the molecule is CCOc1ccc2[nH]c(-c3ccc(C(C)C)cc3)c(CC(=O)O)c2c1. The number of benzene rings is 2. The summed E-state index contributed by atoms with van der Waals surface area (Å²) in [7, 11) is 0. The Morgan fingerprint density at radius 1 is 1.16 bits per heavy atom. The molecular weight excluding hydrogens is 314 g/mol. The van der Waals surface area contributed by atoms with Crippen molar-refractivity contribution in [3.63, 3.8) is 0 Å². The van der Waals surface area contributed by atoms with Crippen molar-refractivity contribution >= 4 is 16.9 Å². The van der Waals surface area contributed by atoms with Crippen molar-refractivity contribution in [2.45, 2.75) is 33.1 Å². The highest BCUT2D eigenvalue weighted by atomic mass is 16.5. The second kappa shape index (κ2) is 7.01. The van der Waals surface area contributed by atoms with Gasteiger partial charge in [0, 0.05) is 10.9 Å². The first-order valence-electron chi connectivity index (χ1n) is 8.59. The summed E-state index contributed by atoms with van der Waals surface area (Å²) in [5, 5.41) is 10.3. The Balaban J connectivity index is 2.13. The predicted octanol–water partition coefficient (Wildman–Crippen LogP) is 4.98. The number of aromatic amines is 1. The molecule has 130 valence electrons. The number of nitrogens with one attached hydrogen (secondary N) is 1. The van der Waals surface area contributed by atoms with E-state index in [1.54, 1.807) is 0 Å². The molecule has 4 heteroatoms. The van der Waals surface area contributed by atoms with E-state index in [1.807, 2.05) is 25.1 Å². The first kappa shape index (κ1) is 17.1. The van der Waals surface area contributed by atoms with E-state index in [0.717, 1.165) is 33.5 Å². The van der Waals surface area contributed by atoms with Crippen LogP contribution in [0.1, 0.15) is 37.8 Å². The highest BCUT2D eigenvalue weighted by molar-refractivity contribution is 5.94. The number of carboxylic acids is 1. The van der Waals surface area contributed by atoms with Crippen molar-refractivity contribution in [2.24, 2.45) is 0 Å². The average molecular weight is 337 g/mol. The molecule has 2 N–H and O–H groups in total. The number of carboxylic acid groups (broad SMARTS) is 1. The van der Waals surface area contributed by atoms with Gasteiger partial charge in [-0.1, -0.05) is 38.1 Å². The standard InChI is InChI=1S/C21H23NO3/c1-4-25-16-9-10-19-17(11-16)18(12-20(23)24)21(22-19)15-7-5-14(6-8-15)13(2)3/h5-11,13,22H,4,12H2,1-3H3,(H,23,24). The maximum atomic E-state index is 11.4. The normalized spacial score (nSPS) is 11.2. The molecule has 0 aliphatic carbocycles. The molecule has 3 rings (SSSR count). The maximum absolute atomic E-state index is 11.4. The van der Waals surface area contributed by atoms with Gasteiger partial charge in [-0.3, -0.25) is 4.79 Å². The van der Waals surface area contributed by atoms with Gasteiger partial charge in [0.2, 0.25) is 0 Å². The molecule has 0 bridgehead atoms. The Morgan fingerprint density at radius 3 is 2.48 bits per heavy atom. The van der Waals surface area contributed by atoms with E-state index < -0.39 is 5.97 Å². The summed E-state index contributed by atoms with van der Waals surface area (Å²) in [6.45, 7) is 6.82. The molecule has 0 fully saturated rings. The number of ether oxygens (including phenoxy) is 1. The number of aliphatic carboxylic acids is 1. The summed E-state index contributed by atoms with van der Waals surface area (Å²) in [6.07, 6.45) is -0.0309. The predicted molar refractivity (Wildman–Crippen MR) is 100 cm³/mol. The van der Waals surface area contributed by atoms with E-state index in [1.165, 1.54) is 5.56 Å². The van der Waals surface area contributed by atoms with Crippen molar-refractivity contribution in [3.05, 3.63) is 53.6 Å². The van der Waals surface area contributed by atoms with Crippen LogP contribution in [-0.4, -0.2) is 22.7 Å². The van der Waals surface area contributed by atoms with Crippen molar-refractivity contribution in [2.75, 3.05) is 6.61 Å². The third kappa shape index (κ3) is 3.53. The van der Waals surface area contributed by atoms with Gasteiger partial charge in [0.05, 0.1) is 18.7 Å². The maximum Gasteiger partial charge on any atom is 0.307 e. The number of hydrogen-bond donors (Lipinski definition) is 2. The lowest BCUT2D eigenvalue weighted by atomic mass is 9.98. The van der Waals surface area contributed by atoms with Gasteiger partial charge in [-0.2, -0.15) is 0 Å². The van der Waals surface area contributed by atoms with Gasteiger partial charge in [0.1, 0.15) is 5.75 Å². The smallest absolute Gasteiger partial charge is 0.307 e. The molecule has 0 unspecified atom stereocenters. The van der Waals surface area contributed by atoms with E-state index in [9.17, 15) is 9.90 Å². The monoisotopic (exact) mass is 337 g/mol. The van der Waals surface area contributed by atoms with Crippen molar-refractivity contribution in [1.29, 1.82) is 0 Å². The van der Waals surface area contributed by atoms with Gasteiger partial charge in [-0.15, -0.1) is 0 Å². The molecule has 1 aromatic heterocycles. The fourth-order valence-corrected chi connectivity index (χ4v) is 3.10. The zero-order valence-corrected chi connectivity index (χ0v) is 14.8. The van der Waals surface area contributed by atoms with E-state index in [4.69, 9.17) is 4.74 Å². The average Bonchev–Trinajstić information content (AvgIpc) is 2.93. The van der Waals surface area contributed by atoms with Crippen LogP contribution in [0.5, 0.6) is 5.75 Å². The van der Waals surface area contributed by atoms with Crippen LogP contribution < -0.4 is 4.74 Å².